The van der Waals surface area contributed by atoms with E-state index in [0.717, 1.165) is 16.8 Å². The Hall–Kier alpha value is -1.54. The number of H-pyrrole nitrogens is 1. The van der Waals surface area contributed by atoms with Crippen molar-refractivity contribution in [3.63, 3.8) is 0 Å². The van der Waals surface area contributed by atoms with Crippen LogP contribution in [-0.4, -0.2) is 4.98 Å². The van der Waals surface area contributed by atoms with Crippen LogP contribution in [0.25, 0.3) is 11.3 Å². The number of aryl methyl sites for hydroxylation is 1. The van der Waals surface area contributed by atoms with Crippen LogP contribution >= 0.6 is 11.6 Å². The molecule has 3 heteroatoms. The van der Waals surface area contributed by atoms with Crippen molar-refractivity contribution in [3.05, 3.63) is 57.3 Å². The first-order valence-corrected chi connectivity index (χ1v) is 4.99. The van der Waals surface area contributed by atoms with Crippen LogP contribution in [0.4, 0.5) is 0 Å². The lowest BCUT2D eigenvalue weighted by Gasteiger charge is -2.03. The van der Waals surface area contributed by atoms with Crippen molar-refractivity contribution in [2.75, 3.05) is 0 Å². The van der Waals surface area contributed by atoms with E-state index in [4.69, 9.17) is 11.6 Å². The van der Waals surface area contributed by atoms with E-state index >= 15 is 0 Å². The lowest BCUT2D eigenvalue weighted by atomic mass is 10.1. The van der Waals surface area contributed by atoms with Gasteiger partial charge in [0.25, 0.3) is 0 Å². The number of rotatable bonds is 1. The second-order valence-corrected chi connectivity index (χ2v) is 3.89. The van der Waals surface area contributed by atoms with Crippen molar-refractivity contribution in [3.8, 4) is 11.3 Å². The molecule has 2 nitrogen and oxygen atoms in total. The molecule has 0 spiro atoms. The molecular formula is C12H10ClNO. The average Bonchev–Trinajstić information content (AvgIpc) is 2.16. The highest BCUT2D eigenvalue weighted by Gasteiger charge is 2.00. The number of benzene rings is 1. The highest BCUT2D eigenvalue weighted by Crippen LogP contribution is 2.21. The summed E-state index contributed by atoms with van der Waals surface area (Å²) in [6, 6.07) is 8.75. The molecule has 76 valence electrons. The van der Waals surface area contributed by atoms with E-state index in [1.165, 1.54) is 6.07 Å². The number of aromatic amines is 1. The molecule has 0 saturated carbocycles. The van der Waals surface area contributed by atoms with Crippen LogP contribution in [0.5, 0.6) is 0 Å². The lowest BCUT2D eigenvalue weighted by Crippen LogP contribution is -1.98. The molecule has 0 aliphatic carbocycles. The highest BCUT2D eigenvalue weighted by atomic mass is 35.5. The van der Waals surface area contributed by atoms with Gasteiger partial charge in [-0.1, -0.05) is 11.6 Å². The number of pyridine rings is 1. The fourth-order valence-corrected chi connectivity index (χ4v) is 1.79. The summed E-state index contributed by atoms with van der Waals surface area (Å²) >= 11 is 5.95. The molecule has 0 unspecified atom stereocenters. The number of halogens is 1. The number of hydrogen-bond donors (Lipinski definition) is 1. The van der Waals surface area contributed by atoms with Crippen LogP contribution in [0.3, 0.4) is 0 Å². The fourth-order valence-electron chi connectivity index (χ4n) is 1.50. The van der Waals surface area contributed by atoms with E-state index in [9.17, 15) is 4.79 Å². The standard InChI is InChI=1S/C12H10ClNO/c1-8-4-9(6-10(13)5-8)12-7-11(15)2-3-14-12/h2-7H,1H3,(H,14,15). The van der Waals surface area contributed by atoms with Gasteiger partial charge in [-0.05, 0) is 36.2 Å². The molecule has 0 radical (unpaired) electrons. The van der Waals surface area contributed by atoms with Gasteiger partial charge in [0.15, 0.2) is 5.43 Å². The number of hydrogen-bond acceptors (Lipinski definition) is 1. The Labute approximate surface area is 92.5 Å². The topological polar surface area (TPSA) is 32.9 Å². The van der Waals surface area contributed by atoms with Crippen LogP contribution in [-0.2, 0) is 0 Å². The first-order valence-electron chi connectivity index (χ1n) is 4.61. The van der Waals surface area contributed by atoms with Gasteiger partial charge in [-0.25, -0.2) is 0 Å². The van der Waals surface area contributed by atoms with Gasteiger partial charge in [-0.15, -0.1) is 0 Å². The van der Waals surface area contributed by atoms with Gasteiger partial charge in [0, 0.05) is 29.0 Å². The maximum atomic E-state index is 11.2. The van der Waals surface area contributed by atoms with Crippen LogP contribution in [0.1, 0.15) is 5.56 Å². The van der Waals surface area contributed by atoms with Gasteiger partial charge < -0.3 is 4.98 Å². The smallest absolute Gasteiger partial charge is 0.182 e. The summed E-state index contributed by atoms with van der Waals surface area (Å²) in [5.74, 6) is 0. The van der Waals surface area contributed by atoms with Crippen LogP contribution in [0, 0.1) is 6.92 Å². The van der Waals surface area contributed by atoms with Gasteiger partial charge in [-0.3, -0.25) is 4.79 Å². The van der Waals surface area contributed by atoms with Gasteiger partial charge in [-0.2, -0.15) is 0 Å². The zero-order valence-corrected chi connectivity index (χ0v) is 9.01. The van der Waals surface area contributed by atoms with Crippen LogP contribution in [0.2, 0.25) is 5.02 Å². The Balaban J connectivity index is 2.58. The summed E-state index contributed by atoms with van der Waals surface area (Å²) in [6.07, 6.45) is 1.63. The Morgan fingerprint density at radius 3 is 2.67 bits per heavy atom. The quantitative estimate of drug-likeness (QED) is 0.786. The van der Waals surface area contributed by atoms with Crippen molar-refractivity contribution in [2.45, 2.75) is 6.92 Å². The second kappa shape index (κ2) is 3.91. The molecule has 2 rings (SSSR count). The summed E-state index contributed by atoms with van der Waals surface area (Å²) in [4.78, 5) is 14.2. The summed E-state index contributed by atoms with van der Waals surface area (Å²) in [7, 11) is 0. The third kappa shape index (κ3) is 2.28. The molecule has 1 N–H and O–H groups in total. The van der Waals surface area contributed by atoms with Crippen LogP contribution in [0.15, 0.2) is 41.3 Å². The first-order chi connectivity index (χ1) is 7.15. The minimum absolute atomic E-state index is 0.0126. The zero-order chi connectivity index (χ0) is 10.8. The summed E-state index contributed by atoms with van der Waals surface area (Å²) < 4.78 is 0. The van der Waals surface area contributed by atoms with Gasteiger partial charge in [0.2, 0.25) is 0 Å². The molecule has 2 aromatic rings. The predicted octanol–water partition coefficient (Wildman–Crippen LogP) is 3.00. The van der Waals surface area contributed by atoms with Gasteiger partial charge in [0.05, 0.1) is 0 Å². The Kier molecular flexibility index (Phi) is 2.60. The Bertz CT molecular complexity index is 525. The molecule has 1 aromatic heterocycles. The zero-order valence-electron chi connectivity index (χ0n) is 8.25. The second-order valence-electron chi connectivity index (χ2n) is 3.46. The number of nitrogens with one attached hydrogen (secondary N) is 1. The van der Waals surface area contributed by atoms with Gasteiger partial charge in [0.1, 0.15) is 0 Å². The molecule has 0 aliphatic rings. The molecule has 0 aliphatic heterocycles. The van der Waals surface area contributed by atoms with E-state index < -0.39 is 0 Å². The van der Waals surface area contributed by atoms with E-state index in [-0.39, 0.29) is 5.43 Å². The number of aromatic nitrogens is 1. The maximum absolute atomic E-state index is 11.2. The van der Waals surface area contributed by atoms with E-state index in [2.05, 4.69) is 4.98 Å². The van der Waals surface area contributed by atoms with E-state index in [1.807, 2.05) is 25.1 Å². The highest BCUT2D eigenvalue weighted by molar-refractivity contribution is 6.30. The minimum atomic E-state index is -0.0126. The molecule has 0 amide bonds. The molecular weight excluding hydrogens is 210 g/mol. The summed E-state index contributed by atoms with van der Waals surface area (Å²) in [5, 5.41) is 0.676. The SMILES string of the molecule is Cc1cc(Cl)cc(-c2cc(=O)cc[nH]2)c1. The lowest BCUT2D eigenvalue weighted by molar-refractivity contribution is 1.30. The minimum Gasteiger partial charge on any atom is -0.361 e. The predicted molar refractivity (Wildman–Crippen MR) is 62.2 cm³/mol. The van der Waals surface area contributed by atoms with Crippen molar-refractivity contribution >= 4 is 11.6 Å². The van der Waals surface area contributed by atoms with Crippen molar-refractivity contribution < 1.29 is 0 Å². The Morgan fingerprint density at radius 1 is 1.20 bits per heavy atom. The third-order valence-corrected chi connectivity index (χ3v) is 2.34. The van der Waals surface area contributed by atoms with Crippen molar-refractivity contribution in [1.29, 1.82) is 0 Å². The van der Waals surface area contributed by atoms with Crippen molar-refractivity contribution in [2.24, 2.45) is 0 Å². The van der Waals surface area contributed by atoms with Crippen molar-refractivity contribution in [1.82, 2.24) is 4.98 Å². The monoisotopic (exact) mass is 219 g/mol. The average molecular weight is 220 g/mol. The van der Waals surface area contributed by atoms with Gasteiger partial charge >= 0.3 is 0 Å². The maximum Gasteiger partial charge on any atom is 0.182 e. The van der Waals surface area contributed by atoms with Crippen LogP contribution < -0.4 is 5.43 Å². The molecule has 1 heterocycles. The first kappa shape index (κ1) is 9.99. The molecule has 0 saturated heterocycles. The molecule has 0 fully saturated rings. The summed E-state index contributed by atoms with van der Waals surface area (Å²) in [5.41, 5.74) is 2.77. The largest absolute Gasteiger partial charge is 0.361 e. The van der Waals surface area contributed by atoms with E-state index in [0.29, 0.717) is 5.02 Å². The molecule has 0 atom stereocenters. The fraction of sp³-hybridized carbons (Fsp3) is 0.0833. The molecule has 1 aromatic carbocycles. The summed E-state index contributed by atoms with van der Waals surface area (Å²) in [6.45, 7) is 1.97. The third-order valence-electron chi connectivity index (χ3n) is 2.13. The normalized spacial score (nSPS) is 10.3. The molecule has 15 heavy (non-hydrogen) atoms. The Morgan fingerprint density at radius 2 is 2.00 bits per heavy atom. The molecule has 0 bridgehead atoms. The van der Waals surface area contributed by atoms with E-state index in [1.54, 1.807) is 12.3 Å².